The maximum Gasteiger partial charge on any atom is 0.0386 e. The summed E-state index contributed by atoms with van der Waals surface area (Å²) >= 11 is 8.35. The average molecular weight is 282 g/mol. The van der Waals surface area contributed by atoms with Crippen molar-refractivity contribution in [1.82, 2.24) is 4.90 Å². The van der Waals surface area contributed by atoms with Crippen molar-refractivity contribution in [3.63, 3.8) is 0 Å². The highest BCUT2D eigenvalue weighted by Gasteiger charge is 2.28. The van der Waals surface area contributed by atoms with Crippen LogP contribution in [0.5, 0.6) is 0 Å². The van der Waals surface area contributed by atoms with E-state index in [2.05, 4.69) is 47.9 Å². The molecule has 0 N–H and O–H groups in total. The van der Waals surface area contributed by atoms with E-state index in [0.717, 1.165) is 11.7 Å². The zero-order chi connectivity index (χ0) is 12.5. The Bertz CT molecular complexity index is 398. The third-order valence-electron chi connectivity index (χ3n) is 4.06. The van der Waals surface area contributed by atoms with Crippen LogP contribution < -0.4 is 0 Å². The fourth-order valence-electron chi connectivity index (χ4n) is 3.01. The number of thioether (sulfide) groups is 1. The van der Waals surface area contributed by atoms with E-state index in [1.165, 1.54) is 36.5 Å². The van der Waals surface area contributed by atoms with Crippen molar-refractivity contribution in [2.45, 2.75) is 35.3 Å². The van der Waals surface area contributed by atoms with Crippen molar-refractivity contribution in [3.8, 4) is 0 Å². The Hall–Kier alpha value is -0.180. The van der Waals surface area contributed by atoms with Crippen molar-refractivity contribution in [2.24, 2.45) is 5.92 Å². The van der Waals surface area contributed by atoms with Crippen LogP contribution in [0.1, 0.15) is 18.9 Å². The van der Waals surface area contributed by atoms with Gasteiger partial charge in [-0.15, -0.1) is 23.4 Å². The summed E-state index contributed by atoms with van der Waals surface area (Å²) in [6.07, 6.45) is 2.38. The normalized spacial score (nSPS) is 32.4. The number of piperidine rings is 1. The zero-order valence-electron chi connectivity index (χ0n) is 10.8. The Morgan fingerprint density at radius 3 is 3.00 bits per heavy atom. The number of likely N-dealkylation sites (tertiary alicyclic amines) is 1. The number of hydrogen-bond donors (Lipinski definition) is 0. The van der Waals surface area contributed by atoms with Crippen molar-refractivity contribution in [1.29, 1.82) is 0 Å². The molecule has 2 aliphatic heterocycles. The smallest absolute Gasteiger partial charge is 0.0386 e. The van der Waals surface area contributed by atoms with Gasteiger partial charge in [0.05, 0.1) is 0 Å². The van der Waals surface area contributed by atoms with E-state index in [-0.39, 0.29) is 0 Å². The minimum absolute atomic E-state index is 0.384. The molecule has 2 aliphatic rings. The first kappa shape index (κ1) is 12.8. The third-order valence-corrected chi connectivity index (χ3v) is 6.01. The van der Waals surface area contributed by atoms with Crippen LogP contribution in [0.15, 0.2) is 29.2 Å². The molecule has 3 unspecified atom stereocenters. The van der Waals surface area contributed by atoms with Gasteiger partial charge in [-0.3, -0.25) is 0 Å². The van der Waals surface area contributed by atoms with Crippen molar-refractivity contribution >= 4 is 23.4 Å². The molecule has 98 valence electrons. The number of nitrogens with zero attached hydrogens (tertiary/aromatic N) is 1. The fourth-order valence-corrected chi connectivity index (χ4v) is 4.56. The molecule has 3 rings (SSSR count). The standard InChI is InChI=1S/C15H20ClNS/c1-11-9-17(7-6-14(11)16)10-13-8-12-4-2-3-5-15(12)18-13/h2-5,11,13-14H,6-10H2,1H3. The average Bonchev–Trinajstić information content (AvgIpc) is 2.76. The first-order valence-electron chi connectivity index (χ1n) is 6.83. The van der Waals surface area contributed by atoms with Gasteiger partial charge >= 0.3 is 0 Å². The molecule has 0 spiro atoms. The summed E-state index contributed by atoms with van der Waals surface area (Å²) in [7, 11) is 0. The molecular formula is C15H20ClNS. The second-order valence-electron chi connectivity index (χ2n) is 5.59. The molecule has 0 saturated carbocycles. The van der Waals surface area contributed by atoms with E-state index in [4.69, 9.17) is 11.6 Å². The summed E-state index contributed by atoms with van der Waals surface area (Å²) in [6, 6.07) is 8.84. The highest BCUT2D eigenvalue weighted by Crippen LogP contribution is 2.37. The molecule has 18 heavy (non-hydrogen) atoms. The lowest BCUT2D eigenvalue weighted by molar-refractivity contribution is 0.188. The second kappa shape index (κ2) is 5.44. The Balaban J connectivity index is 1.57. The predicted molar refractivity (Wildman–Crippen MR) is 79.7 cm³/mol. The highest BCUT2D eigenvalue weighted by atomic mass is 35.5. The molecular weight excluding hydrogens is 262 g/mol. The van der Waals surface area contributed by atoms with Gasteiger partial charge < -0.3 is 4.90 Å². The van der Waals surface area contributed by atoms with E-state index in [1.54, 1.807) is 0 Å². The van der Waals surface area contributed by atoms with Crippen LogP contribution in [0.2, 0.25) is 0 Å². The summed E-state index contributed by atoms with van der Waals surface area (Å²) in [4.78, 5) is 4.09. The van der Waals surface area contributed by atoms with E-state index >= 15 is 0 Å². The topological polar surface area (TPSA) is 3.24 Å². The van der Waals surface area contributed by atoms with Gasteiger partial charge in [0.15, 0.2) is 0 Å². The van der Waals surface area contributed by atoms with Gasteiger partial charge in [0.25, 0.3) is 0 Å². The Morgan fingerprint density at radius 2 is 2.22 bits per heavy atom. The molecule has 3 heteroatoms. The number of fused-ring (bicyclic) bond motifs is 1. The first-order valence-corrected chi connectivity index (χ1v) is 8.15. The number of rotatable bonds is 2. The molecule has 1 fully saturated rings. The monoisotopic (exact) mass is 281 g/mol. The Kier molecular flexibility index (Phi) is 3.88. The Morgan fingerprint density at radius 1 is 1.39 bits per heavy atom. The molecule has 1 nitrogen and oxygen atoms in total. The first-order chi connectivity index (χ1) is 8.72. The molecule has 1 aromatic rings. The van der Waals surface area contributed by atoms with E-state index in [1.807, 2.05) is 0 Å². The largest absolute Gasteiger partial charge is 0.302 e. The quantitative estimate of drug-likeness (QED) is 0.761. The maximum atomic E-state index is 6.29. The maximum absolute atomic E-state index is 6.29. The number of hydrogen-bond acceptors (Lipinski definition) is 2. The van der Waals surface area contributed by atoms with Gasteiger partial charge in [-0.2, -0.15) is 0 Å². The van der Waals surface area contributed by atoms with E-state index in [0.29, 0.717) is 11.3 Å². The van der Waals surface area contributed by atoms with Crippen LogP contribution in [0.3, 0.4) is 0 Å². The molecule has 1 saturated heterocycles. The fraction of sp³-hybridized carbons (Fsp3) is 0.600. The van der Waals surface area contributed by atoms with Crippen molar-refractivity contribution < 1.29 is 0 Å². The molecule has 0 bridgehead atoms. The van der Waals surface area contributed by atoms with Crippen molar-refractivity contribution in [3.05, 3.63) is 29.8 Å². The van der Waals surface area contributed by atoms with Crippen LogP contribution in [0, 0.1) is 5.92 Å². The van der Waals surface area contributed by atoms with Crippen LogP contribution in [-0.4, -0.2) is 35.2 Å². The molecule has 0 aromatic heterocycles. The summed E-state index contributed by atoms with van der Waals surface area (Å²) in [5.41, 5.74) is 1.53. The van der Waals surface area contributed by atoms with E-state index in [9.17, 15) is 0 Å². The van der Waals surface area contributed by atoms with E-state index < -0.39 is 0 Å². The van der Waals surface area contributed by atoms with Crippen LogP contribution in [-0.2, 0) is 6.42 Å². The molecule has 0 amide bonds. The van der Waals surface area contributed by atoms with Gasteiger partial charge in [-0.25, -0.2) is 0 Å². The summed E-state index contributed by atoms with van der Waals surface area (Å²) in [5.74, 6) is 0.634. The molecule has 3 atom stereocenters. The second-order valence-corrected chi connectivity index (χ2v) is 7.50. The molecule has 1 aromatic carbocycles. The van der Waals surface area contributed by atoms with Gasteiger partial charge in [-0.1, -0.05) is 25.1 Å². The lowest BCUT2D eigenvalue weighted by atomic mass is 9.99. The van der Waals surface area contributed by atoms with Crippen LogP contribution >= 0.6 is 23.4 Å². The number of alkyl halides is 1. The SMILES string of the molecule is CC1CN(CC2Cc3ccccc3S2)CCC1Cl. The lowest BCUT2D eigenvalue weighted by Gasteiger charge is -2.35. The minimum atomic E-state index is 0.384. The predicted octanol–water partition coefficient (Wildman–Crippen LogP) is 3.65. The summed E-state index contributed by atoms with van der Waals surface area (Å²) < 4.78 is 0. The highest BCUT2D eigenvalue weighted by molar-refractivity contribution is 8.00. The third kappa shape index (κ3) is 2.71. The molecule has 2 heterocycles. The van der Waals surface area contributed by atoms with Gasteiger partial charge in [-0.05, 0) is 36.9 Å². The molecule has 0 aliphatic carbocycles. The van der Waals surface area contributed by atoms with Gasteiger partial charge in [0.2, 0.25) is 0 Å². The summed E-state index contributed by atoms with van der Waals surface area (Å²) in [5, 5.41) is 1.12. The van der Waals surface area contributed by atoms with Crippen LogP contribution in [0.4, 0.5) is 0 Å². The van der Waals surface area contributed by atoms with Crippen LogP contribution in [0.25, 0.3) is 0 Å². The Labute approximate surface area is 119 Å². The number of benzene rings is 1. The van der Waals surface area contributed by atoms with Gasteiger partial charge in [0, 0.05) is 28.6 Å². The van der Waals surface area contributed by atoms with Gasteiger partial charge in [0.1, 0.15) is 0 Å². The number of halogens is 1. The lowest BCUT2D eigenvalue weighted by Crippen LogP contribution is -2.42. The minimum Gasteiger partial charge on any atom is -0.302 e. The summed E-state index contributed by atoms with van der Waals surface area (Å²) in [6.45, 7) is 5.83. The zero-order valence-corrected chi connectivity index (χ0v) is 12.4. The van der Waals surface area contributed by atoms with Crippen molar-refractivity contribution in [2.75, 3.05) is 19.6 Å². The molecule has 0 radical (unpaired) electrons.